The molecule has 2 rings (SSSR count). The normalized spacial score (nSPS) is 20.2. The minimum absolute atomic E-state index is 0.143. The molecule has 0 spiro atoms. The van der Waals surface area contributed by atoms with Crippen molar-refractivity contribution in [2.75, 3.05) is 0 Å². The highest BCUT2D eigenvalue weighted by Crippen LogP contribution is 2.41. The van der Waals surface area contributed by atoms with Crippen LogP contribution in [0.4, 0.5) is 8.78 Å². The highest BCUT2D eigenvalue weighted by atomic mass is 19.3. The molecule has 0 N–H and O–H groups in total. The van der Waals surface area contributed by atoms with E-state index >= 15 is 0 Å². The molecular weight excluding hydrogens is 290 g/mol. The molecule has 23 heavy (non-hydrogen) atoms. The van der Waals surface area contributed by atoms with Crippen LogP contribution in [0.15, 0.2) is 60.7 Å². The summed E-state index contributed by atoms with van der Waals surface area (Å²) >= 11 is 0. The van der Waals surface area contributed by atoms with Gasteiger partial charge in [0.25, 0.3) is 6.08 Å². The van der Waals surface area contributed by atoms with Crippen molar-refractivity contribution in [3.8, 4) is 0 Å². The molecule has 0 aliphatic heterocycles. The summed E-state index contributed by atoms with van der Waals surface area (Å²) < 4.78 is 25.1. The molecule has 1 aromatic carbocycles. The Balaban J connectivity index is 2.07. The van der Waals surface area contributed by atoms with Crippen molar-refractivity contribution in [2.24, 2.45) is 5.41 Å². The maximum atomic E-state index is 12.6. The zero-order valence-electron chi connectivity index (χ0n) is 13.9. The molecule has 0 bridgehead atoms. The van der Waals surface area contributed by atoms with Crippen LogP contribution in [-0.2, 0) is 0 Å². The van der Waals surface area contributed by atoms with Crippen LogP contribution in [-0.4, -0.2) is 0 Å². The van der Waals surface area contributed by atoms with Crippen molar-refractivity contribution in [3.05, 3.63) is 66.3 Å². The molecule has 1 aliphatic rings. The van der Waals surface area contributed by atoms with E-state index in [-0.39, 0.29) is 5.41 Å². The Morgan fingerprint density at radius 3 is 2.52 bits per heavy atom. The zero-order valence-corrected chi connectivity index (χ0v) is 13.9. The number of unbranched alkanes of at least 4 members (excludes halogenated alkanes) is 3. The molecule has 0 aromatic heterocycles. The van der Waals surface area contributed by atoms with Crippen molar-refractivity contribution in [3.63, 3.8) is 0 Å². The van der Waals surface area contributed by atoms with Gasteiger partial charge in [0.1, 0.15) is 0 Å². The molecular formula is C21H26F2. The first-order valence-corrected chi connectivity index (χ1v) is 8.61. The van der Waals surface area contributed by atoms with Crippen LogP contribution in [0.5, 0.6) is 0 Å². The van der Waals surface area contributed by atoms with E-state index in [4.69, 9.17) is 0 Å². The first-order chi connectivity index (χ1) is 11.2. The van der Waals surface area contributed by atoms with Crippen LogP contribution < -0.4 is 0 Å². The number of allylic oxidation sites excluding steroid dienone is 5. The highest BCUT2D eigenvalue weighted by molar-refractivity contribution is 5.75. The Hall–Kier alpha value is -1.70. The number of hydrogen-bond acceptors (Lipinski definition) is 0. The van der Waals surface area contributed by atoms with Crippen molar-refractivity contribution in [1.29, 1.82) is 0 Å². The van der Waals surface area contributed by atoms with Gasteiger partial charge in [0, 0.05) is 0 Å². The van der Waals surface area contributed by atoms with Gasteiger partial charge in [-0.05, 0) is 41.9 Å². The Labute approximate surface area is 138 Å². The van der Waals surface area contributed by atoms with E-state index in [2.05, 4.69) is 37.3 Å². The van der Waals surface area contributed by atoms with Gasteiger partial charge in [-0.2, -0.15) is 8.78 Å². The summed E-state index contributed by atoms with van der Waals surface area (Å²) in [5, 5.41) is 0. The lowest BCUT2D eigenvalue weighted by atomic mass is 9.73. The Morgan fingerprint density at radius 2 is 1.91 bits per heavy atom. The molecule has 0 radical (unpaired) electrons. The second-order valence-corrected chi connectivity index (χ2v) is 6.43. The van der Waals surface area contributed by atoms with Gasteiger partial charge in [0.2, 0.25) is 0 Å². The average molecular weight is 316 g/mol. The molecule has 1 unspecified atom stereocenters. The van der Waals surface area contributed by atoms with Crippen molar-refractivity contribution < 1.29 is 8.78 Å². The zero-order chi connectivity index (χ0) is 16.5. The predicted molar refractivity (Wildman–Crippen MR) is 94.3 cm³/mol. The maximum Gasteiger partial charge on any atom is 0.266 e. The smallest absolute Gasteiger partial charge is 0.174 e. The lowest BCUT2D eigenvalue weighted by Crippen LogP contribution is -2.19. The largest absolute Gasteiger partial charge is 0.266 e. The number of hydrogen-bond donors (Lipinski definition) is 0. The minimum Gasteiger partial charge on any atom is -0.174 e. The quantitative estimate of drug-likeness (QED) is 0.446. The summed E-state index contributed by atoms with van der Waals surface area (Å²) in [6.45, 7) is 2.19. The first-order valence-electron chi connectivity index (χ1n) is 8.61. The summed E-state index contributed by atoms with van der Waals surface area (Å²) in [5.74, 6) is 0. The first kappa shape index (κ1) is 17.7. The fourth-order valence-electron chi connectivity index (χ4n) is 3.18. The van der Waals surface area contributed by atoms with Gasteiger partial charge in [-0.1, -0.05) is 81.2 Å². The second kappa shape index (κ2) is 8.81. The van der Waals surface area contributed by atoms with Crippen LogP contribution in [0.2, 0.25) is 0 Å². The van der Waals surface area contributed by atoms with E-state index in [9.17, 15) is 8.78 Å². The van der Waals surface area contributed by atoms with Crippen molar-refractivity contribution in [2.45, 2.75) is 51.9 Å². The number of benzene rings is 1. The molecule has 0 amide bonds. The summed E-state index contributed by atoms with van der Waals surface area (Å²) in [6.07, 6.45) is 13.0. The van der Waals surface area contributed by atoms with Gasteiger partial charge in [0.05, 0.1) is 0 Å². The summed E-state index contributed by atoms with van der Waals surface area (Å²) in [4.78, 5) is 0. The lowest BCUT2D eigenvalue weighted by Gasteiger charge is -2.31. The summed E-state index contributed by atoms with van der Waals surface area (Å²) in [5.41, 5.74) is 2.24. The van der Waals surface area contributed by atoms with E-state index < -0.39 is 6.08 Å². The molecule has 1 atom stereocenters. The van der Waals surface area contributed by atoms with Crippen LogP contribution in [0.1, 0.15) is 57.4 Å². The predicted octanol–water partition coefficient (Wildman–Crippen LogP) is 7.16. The van der Waals surface area contributed by atoms with Gasteiger partial charge in [-0.25, -0.2) is 0 Å². The minimum atomic E-state index is -1.57. The fourth-order valence-corrected chi connectivity index (χ4v) is 3.18. The molecule has 0 saturated heterocycles. The van der Waals surface area contributed by atoms with Crippen LogP contribution in [0, 0.1) is 5.41 Å². The fraction of sp³-hybridized carbons (Fsp3) is 0.429. The van der Waals surface area contributed by atoms with E-state index in [1.807, 2.05) is 18.2 Å². The molecule has 1 aromatic rings. The summed E-state index contributed by atoms with van der Waals surface area (Å²) in [6, 6.07) is 10.2. The number of rotatable bonds is 8. The SMILES string of the molecule is CCCCCCC1(CC=C(F)F)C=CC(c2ccccc2)=CC1. The van der Waals surface area contributed by atoms with Crippen molar-refractivity contribution in [1.82, 2.24) is 0 Å². The number of halogens is 2. The molecule has 0 nitrogen and oxygen atoms in total. The topological polar surface area (TPSA) is 0 Å². The second-order valence-electron chi connectivity index (χ2n) is 6.43. The third-order valence-corrected chi connectivity index (χ3v) is 4.64. The molecule has 0 saturated carbocycles. The third kappa shape index (κ3) is 5.46. The molecule has 124 valence electrons. The Kier molecular flexibility index (Phi) is 6.76. The van der Waals surface area contributed by atoms with Gasteiger partial charge in [-0.15, -0.1) is 0 Å². The van der Waals surface area contributed by atoms with E-state index in [0.717, 1.165) is 25.3 Å². The molecule has 2 heteroatoms. The monoisotopic (exact) mass is 316 g/mol. The van der Waals surface area contributed by atoms with E-state index in [0.29, 0.717) is 6.42 Å². The molecule has 0 fully saturated rings. The highest BCUT2D eigenvalue weighted by Gasteiger charge is 2.27. The Morgan fingerprint density at radius 1 is 1.13 bits per heavy atom. The van der Waals surface area contributed by atoms with Crippen molar-refractivity contribution >= 4 is 5.57 Å². The van der Waals surface area contributed by atoms with E-state index in [1.54, 1.807) is 0 Å². The van der Waals surface area contributed by atoms with Gasteiger partial charge in [0.15, 0.2) is 0 Å². The van der Waals surface area contributed by atoms with Gasteiger partial charge >= 0.3 is 0 Å². The summed E-state index contributed by atoms with van der Waals surface area (Å²) in [7, 11) is 0. The van der Waals surface area contributed by atoms with Gasteiger partial charge in [-0.3, -0.25) is 0 Å². The van der Waals surface area contributed by atoms with E-state index in [1.165, 1.54) is 30.4 Å². The van der Waals surface area contributed by atoms with Crippen LogP contribution in [0.25, 0.3) is 5.57 Å². The molecule has 1 aliphatic carbocycles. The maximum absolute atomic E-state index is 12.6. The third-order valence-electron chi connectivity index (χ3n) is 4.64. The lowest BCUT2D eigenvalue weighted by molar-refractivity contribution is 0.328. The average Bonchev–Trinajstić information content (AvgIpc) is 2.59. The standard InChI is InChI=1S/C21H26F2/c1-2-3-4-8-14-21(17-13-20(22)23)15-11-19(12-16-21)18-9-6-5-7-10-18/h5-7,9-13,15H,2-4,8,14,16-17H2,1H3. The van der Waals surface area contributed by atoms with Gasteiger partial charge < -0.3 is 0 Å². The van der Waals surface area contributed by atoms with Crippen LogP contribution in [0.3, 0.4) is 0 Å². The van der Waals surface area contributed by atoms with Crippen LogP contribution >= 0.6 is 0 Å². The Bertz CT molecular complexity index is 565. The molecule has 0 heterocycles.